The number of thioether (sulfide) groups is 1. The molecule has 12 heavy (non-hydrogen) atoms. The smallest absolute Gasteiger partial charge is 0.133 e. The van der Waals surface area contributed by atoms with Crippen molar-refractivity contribution in [2.75, 3.05) is 12.3 Å². The van der Waals surface area contributed by atoms with Gasteiger partial charge in [0.25, 0.3) is 0 Å². The minimum absolute atomic E-state index is 0.448. The summed E-state index contributed by atoms with van der Waals surface area (Å²) < 4.78 is 0. The molecule has 0 saturated heterocycles. The van der Waals surface area contributed by atoms with Gasteiger partial charge in [0.2, 0.25) is 0 Å². The highest BCUT2D eigenvalue weighted by Gasteiger charge is 2.16. The minimum Gasteiger partial charge on any atom is -0.323 e. The molecule has 1 rings (SSSR count). The van der Waals surface area contributed by atoms with Gasteiger partial charge in [-0.05, 0) is 31.7 Å². The summed E-state index contributed by atoms with van der Waals surface area (Å²) in [4.78, 5) is 0. The van der Waals surface area contributed by atoms with E-state index in [-0.39, 0.29) is 0 Å². The number of thiocyanates is 1. The Bertz CT molecular complexity index is 219. The van der Waals surface area contributed by atoms with E-state index in [4.69, 9.17) is 5.26 Å². The highest BCUT2D eigenvalue weighted by atomic mass is 32.2. The zero-order chi connectivity index (χ0) is 8.97. The maximum absolute atomic E-state index is 8.32. The van der Waals surface area contributed by atoms with Gasteiger partial charge in [0.1, 0.15) is 5.40 Å². The maximum atomic E-state index is 8.32. The Kier molecular flexibility index (Phi) is 3.45. The van der Waals surface area contributed by atoms with Gasteiger partial charge in [-0.1, -0.05) is 0 Å². The molecule has 1 N–H and O–H groups in total. The van der Waals surface area contributed by atoms with Crippen molar-refractivity contribution in [1.29, 1.82) is 5.26 Å². The Labute approximate surface area is 77.4 Å². The van der Waals surface area contributed by atoms with Crippen molar-refractivity contribution in [1.82, 2.24) is 10.4 Å². The number of hydrazine groups is 1. The predicted molar refractivity (Wildman–Crippen MR) is 51.1 cm³/mol. The molecule has 4 heteroatoms. The van der Waals surface area contributed by atoms with Crippen LogP contribution in [0.5, 0.6) is 0 Å². The molecule has 0 aliphatic carbocycles. The van der Waals surface area contributed by atoms with Crippen molar-refractivity contribution in [3.8, 4) is 5.40 Å². The van der Waals surface area contributed by atoms with Crippen molar-refractivity contribution in [2.45, 2.75) is 19.9 Å². The Morgan fingerprint density at radius 3 is 3.08 bits per heavy atom. The quantitative estimate of drug-likeness (QED) is 0.529. The number of hydrogen-bond acceptors (Lipinski definition) is 4. The number of nitrogens with one attached hydrogen (secondary N) is 1. The first kappa shape index (κ1) is 9.43. The number of nitriles is 1. The van der Waals surface area contributed by atoms with Crippen LogP contribution in [-0.2, 0) is 0 Å². The molecule has 1 unspecified atom stereocenters. The molecule has 1 aliphatic heterocycles. The minimum atomic E-state index is 0.448. The molecule has 0 aromatic heterocycles. The Morgan fingerprint density at radius 1 is 1.83 bits per heavy atom. The Balaban J connectivity index is 2.24. The van der Waals surface area contributed by atoms with E-state index < -0.39 is 0 Å². The second-order valence-corrected chi connectivity index (χ2v) is 3.71. The van der Waals surface area contributed by atoms with E-state index in [1.54, 1.807) is 0 Å². The zero-order valence-electron chi connectivity index (χ0n) is 7.37. The first-order valence-electron chi connectivity index (χ1n) is 3.96. The average molecular weight is 183 g/mol. The molecule has 0 saturated carbocycles. The number of rotatable bonds is 3. The van der Waals surface area contributed by atoms with Crippen LogP contribution < -0.4 is 5.43 Å². The van der Waals surface area contributed by atoms with Crippen LogP contribution in [-0.4, -0.2) is 23.3 Å². The van der Waals surface area contributed by atoms with E-state index >= 15 is 0 Å². The highest BCUT2D eigenvalue weighted by molar-refractivity contribution is 8.03. The standard InChI is InChI=1S/C8H13N3S/c1-7-5-8(2)11(10-7)3-4-12-6-9/h5,8,10H,3-4H2,1-2H3. The van der Waals surface area contributed by atoms with Gasteiger partial charge in [0, 0.05) is 24.0 Å². The van der Waals surface area contributed by atoms with Gasteiger partial charge in [0.15, 0.2) is 0 Å². The van der Waals surface area contributed by atoms with Gasteiger partial charge < -0.3 is 5.43 Å². The summed E-state index contributed by atoms with van der Waals surface area (Å²) in [6.07, 6.45) is 2.18. The van der Waals surface area contributed by atoms with Crippen molar-refractivity contribution < 1.29 is 0 Å². The van der Waals surface area contributed by atoms with Crippen LogP contribution in [0.25, 0.3) is 0 Å². The number of hydrogen-bond donors (Lipinski definition) is 1. The molecule has 0 spiro atoms. The molecule has 0 bridgehead atoms. The van der Waals surface area contributed by atoms with Crippen LogP contribution in [0.2, 0.25) is 0 Å². The molecule has 0 aromatic carbocycles. The van der Waals surface area contributed by atoms with Crippen molar-refractivity contribution in [3.05, 3.63) is 11.8 Å². The summed E-state index contributed by atoms with van der Waals surface area (Å²) in [6, 6.07) is 0.448. The maximum Gasteiger partial charge on any atom is 0.133 e. The Hall–Kier alpha value is -0.660. The van der Waals surface area contributed by atoms with E-state index in [0.29, 0.717) is 6.04 Å². The van der Waals surface area contributed by atoms with Crippen LogP contribution in [0.1, 0.15) is 13.8 Å². The molecule has 66 valence electrons. The lowest BCUT2D eigenvalue weighted by atomic mass is 10.3. The second kappa shape index (κ2) is 4.39. The third-order valence-electron chi connectivity index (χ3n) is 1.80. The molecule has 0 amide bonds. The lowest BCUT2D eigenvalue weighted by Crippen LogP contribution is -2.38. The molecule has 0 radical (unpaired) electrons. The van der Waals surface area contributed by atoms with Crippen LogP contribution in [0, 0.1) is 10.7 Å². The fourth-order valence-electron chi connectivity index (χ4n) is 1.27. The van der Waals surface area contributed by atoms with Gasteiger partial charge in [0.05, 0.1) is 0 Å². The largest absolute Gasteiger partial charge is 0.323 e. The number of allylic oxidation sites excluding steroid dienone is 1. The molecular formula is C8H13N3S. The molecule has 1 heterocycles. The lowest BCUT2D eigenvalue weighted by molar-refractivity contribution is 0.220. The molecule has 1 aliphatic rings. The first-order chi connectivity index (χ1) is 5.74. The number of nitrogens with zero attached hydrogens (tertiary/aromatic N) is 2. The summed E-state index contributed by atoms with van der Waals surface area (Å²) in [7, 11) is 0. The first-order valence-corrected chi connectivity index (χ1v) is 4.95. The van der Waals surface area contributed by atoms with Crippen molar-refractivity contribution in [2.24, 2.45) is 0 Å². The van der Waals surface area contributed by atoms with Crippen molar-refractivity contribution >= 4 is 11.8 Å². The summed E-state index contributed by atoms with van der Waals surface area (Å²) in [6.45, 7) is 5.10. The molecule has 0 aromatic rings. The average Bonchev–Trinajstić information content (AvgIpc) is 2.31. The van der Waals surface area contributed by atoms with Gasteiger partial charge in [-0.25, -0.2) is 5.01 Å². The summed E-state index contributed by atoms with van der Waals surface area (Å²) in [5, 5.41) is 12.5. The second-order valence-electron chi connectivity index (χ2n) is 2.84. The van der Waals surface area contributed by atoms with Crippen LogP contribution in [0.4, 0.5) is 0 Å². The van der Waals surface area contributed by atoms with E-state index in [1.807, 2.05) is 6.92 Å². The summed E-state index contributed by atoms with van der Waals surface area (Å²) in [5.74, 6) is 0.856. The normalized spacial score (nSPS) is 23.1. The van der Waals surface area contributed by atoms with E-state index in [9.17, 15) is 0 Å². The van der Waals surface area contributed by atoms with Crippen molar-refractivity contribution in [3.63, 3.8) is 0 Å². The molecule has 0 fully saturated rings. The van der Waals surface area contributed by atoms with Crippen LogP contribution >= 0.6 is 11.8 Å². The highest BCUT2D eigenvalue weighted by Crippen LogP contribution is 2.10. The molecular weight excluding hydrogens is 170 g/mol. The fraction of sp³-hybridized carbons (Fsp3) is 0.625. The fourth-order valence-corrected chi connectivity index (χ4v) is 1.65. The zero-order valence-corrected chi connectivity index (χ0v) is 8.19. The summed E-state index contributed by atoms with van der Waals surface area (Å²) in [5.41, 5.74) is 4.43. The third kappa shape index (κ3) is 2.43. The third-order valence-corrected chi connectivity index (χ3v) is 2.32. The van der Waals surface area contributed by atoms with Gasteiger partial charge in [-0.3, -0.25) is 0 Å². The van der Waals surface area contributed by atoms with Crippen LogP contribution in [0.3, 0.4) is 0 Å². The van der Waals surface area contributed by atoms with Gasteiger partial charge >= 0.3 is 0 Å². The van der Waals surface area contributed by atoms with E-state index in [1.165, 1.54) is 17.5 Å². The van der Waals surface area contributed by atoms with E-state index in [2.05, 4.69) is 28.8 Å². The Morgan fingerprint density at radius 2 is 2.58 bits per heavy atom. The van der Waals surface area contributed by atoms with E-state index in [0.717, 1.165) is 12.3 Å². The topological polar surface area (TPSA) is 39.1 Å². The molecule has 3 nitrogen and oxygen atoms in total. The van der Waals surface area contributed by atoms with Gasteiger partial charge in [-0.2, -0.15) is 5.26 Å². The molecule has 1 atom stereocenters. The summed E-state index contributed by atoms with van der Waals surface area (Å²) >= 11 is 1.30. The SMILES string of the molecule is CC1=CC(C)N(CCSC#N)N1. The predicted octanol–water partition coefficient (Wildman–Crippen LogP) is 1.31. The van der Waals surface area contributed by atoms with Gasteiger partial charge in [-0.15, -0.1) is 0 Å². The monoisotopic (exact) mass is 183 g/mol. The lowest BCUT2D eigenvalue weighted by Gasteiger charge is -2.20. The van der Waals surface area contributed by atoms with Crippen LogP contribution in [0.15, 0.2) is 11.8 Å².